The van der Waals surface area contributed by atoms with Crippen molar-refractivity contribution in [3.8, 4) is 5.69 Å². The molecule has 1 N–H and O–H groups in total. The van der Waals surface area contributed by atoms with Crippen LogP contribution in [0.25, 0.3) is 27.9 Å². The molecule has 0 saturated carbocycles. The highest BCUT2D eigenvalue weighted by atomic mass is 16.3. The Morgan fingerprint density at radius 1 is 1.18 bits per heavy atom. The summed E-state index contributed by atoms with van der Waals surface area (Å²) in [5.74, 6) is 0. The smallest absolute Gasteiger partial charge is 0.333 e. The quantitative estimate of drug-likeness (QED) is 0.583. The summed E-state index contributed by atoms with van der Waals surface area (Å²) in [6.45, 7) is 1.94. The standard InChI is InChI=1S/C16H11N3O3/c1-9-4-2-5-10(8-9)19-12-11-6-3-7-17-15(11)22-13(12)14(20)18-16(19)21/h2-8H,1H3,(H,18,20,21). The van der Waals surface area contributed by atoms with Gasteiger partial charge < -0.3 is 4.42 Å². The molecule has 4 rings (SSSR count). The summed E-state index contributed by atoms with van der Waals surface area (Å²) in [4.78, 5) is 30.8. The van der Waals surface area contributed by atoms with E-state index in [0.717, 1.165) is 5.56 Å². The number of rotatable bonds is 1. The van der Waals surface area contributed by atoms with Gasteiger partial charge in [0.25, 0.3) is 5.56 Å². The number of nitrogens with one attached hydrogen (secondary N) is 1. The fourth-order valence-corrected chi connectivity index (χ4v) is 2.62. The van der Waals surface area contributed by atoms with Gasteiger partial charge >= 0.3 is 5.69 Å². The zero-order valence-electron chi connectivity index (χ0n) is 11.7. The molecule has 6 nitrogen and oxygen atoms in total. The third kappa shape index (κ3) is 1.70. The fourth-order valence-electron chi connectivity index (χ4n) is 2.62. The number of hydrogen-bond donors (Lipinski definition) is 1. The Labute approximate surface area is 123 Å². The van der Waals surface area contributed by atoms with E-state index in [9.17, 15) is 9.59 Å². The lowest BCUT2D eigenvalue weighted by molar-refractivity contribution is 0.644. The number of fused-ring (bicyclic) bond motifs is 3. The number of benzene rings is 1. The Morgan fingerprint density at radius 3 is 2.86 bits per heavy atom. The Kier molecular flexibility index (Phi) is 2.53. The SMILES string of the molecule is Cc1cccc(-n2c(=O)[nH]c(=O)c3oc4ncccc4c32)c1. The average molecular weight is 293 g/mol. The monoisotopic (exact) mass is 293 g/mol. The molecule has 1 aromatic carbocycles. The predicted molar refractivity (Wildman–Crippen MR) is 82.5 cm³/mol. The lowest BCUT2D eigenvalue weighted by Crippen LogP contribution is -2.28. The van der Waals surface area contributed by atoms with Gasteiger partial charge in [-0.25, -0.2) is 9.78 Å². The first-order valence-electron chi connectivity index (χ1n) is 6.75. The van der Waals surface area contributed by atoms with E-state index in [4.69, 9.17) is 4.42 Å². The van der Waals surface area contributed by atoms with Gasteiger partial charge in [-0.1, -0.05) is 12.1 Å². The molecule has 0 fully saturated rings. The van der Waals surface area contributed by atoms with E-state index in [1.165, 1.54) is 4.57 Å². The normalized spacial score (nSPS) is 11.3. The van der Waals surface area contributed by atoms with Gasteiger partial charge in [0.1, 0.15) is 5.52 Å². The molecule has 3 heterocycles. The van der Waals surface area contributed by atoms with Gasteiger partial charge in [0.2, 0.25) is 11.3 Å². The van der Waals surface area contributed by atoms with Crippen LogP contribution in [0.1, 0.15) is 5.56 Å². The maximum atomic E-state index is 12.4. The molecular weight excluding hydrogens is 282 g/mol. The van der Waals surface area contributed by atoms with E-state index >= 15 is 0 Å². The van der Waals surface area contributed by atoms with Crippen molar-refractivity contribution in [2.24, 2.45) is 0 Å². The van der Waals surface area contributed by atoms with Crippen LogP contribution in [-0.2, 0) is 0 Å². The molecule has 3 aromatic heterocycles. The van der Waals surface area contributed by atoms with E-state index in [0.29, 0.717) is 22.3 Å². The minimum absolute atomic E-state index is 0.0924. The van der Waals surface area contributed by atoms with E-state index in [1.807, 2.05) is 25.1 Å². The van der Waals surface area contributed by atoms with Crippen molar-refractivity contribution in [1.82, 2.24) is 14.5 Å². The Balaban J connectivity index is 2.27. The summed E-state index contributed by atoms with van der Waals surface area (Å²) in [6, 6.07) is 11.0. The molecule has 6 heteroatoms. The van der Waals surface area contributed by atoms with Gasteiger partial charge in [-0.2, -0.15) is 0 Å². The number of nitrogens with zero attached hydrogens (tertiary/aromatic N) is 2. The van der Waals surface area contributed by atoms with E-state index < -0.39 is 11.2 Å². The Morgan fingerprint density at radius 2 is 2.05 bits per heavy atom. The highest BCUT2D eigenvalue weighted by Gasteiger charge is 2.17. The van der Waals surface area contributed by atoms with E-state index in [-0.39, 0.29) is 5.58 Å². The van der Waals surface area contributed by atoms with Crippen molar-refractivity contribution >= 4 is 22.2 Å². The third-order valence-electron chi connectivity index (χ3n) is 3.55. The molecule has 0 unspecified atom stereocenters. The van der Waals surface area contributed by atoms with Gasteiger partial charge in [0.05, 0.1) is 11.1 Å². The van der Waals surface area contributed by atoms with Crippen LogP contribution in [0.3, 0.4) is 0 Å². The summed E-state index contributed by atoms with van der Waals surface area (Å²) in [5.41, 5.74) is 1.47. The predicted octanol–water partition coefficient (Wildman–Crippen LogP) is 2.13. The second-order valence-electron chi connectivity index (χ2n) is 5.07. The van der Waals surface area contributed by atoms with Crippen LogP contribution in [0.15, 0.2) is 56.6 Å². The molecule has 4 aromatic rings. The number of pyridine rings is 1. The molecule has 0 aliphatic heterocycles. The van der Waals surface area contributed by atoms with Gasteiger partial charge in [-0.05, 0) is 36.8 Å². The molecule has 0 saturated heterocycles. The number of hydrogen-bond acceptors (Lipinski definition) is 4. The molecule has 0 atom stereocenters. The highest BCUT2D eigenvalue weighted by molar-refractivity contribution is 6.01. The summed E-state index contributed by atoms with van der Waals surface area (Å²) in [7, 11) is 0. The molecule has 0 spiro atoms. The van der Waals surface area contributed by atoms with E-state index in [2.05, 4.69) is 9.97 Å². The summed E-state index contributed by atoms with van der Waals surface area (Å²) >= 11 is 0. The first-order valence-corrected chi connectivity index (χ1v) is 6.75. The summed E-state index contributed by atoms with van der Waals surface area (Å²) < 4.78 is 6.96. The fraction of sp³-hybridized carbons (Fsp3) is 0.0625. The Hall–Kier alpha value is -3.15. The molecule has 108 valence electrons. The van der Waals surface area contributed by atoms with Crippen LogP contribution in [0, 0.1) is 6.92 Å². The van der Waals surface area contributed by atoms with Crippen molar-refractivity contribution in [3.63, 3.8) is 0 Å². The average Bonchev–Trinajstić information content (AvgIpc) is 2.88. The zero-order valence-corrected chi connectivity index (χ0v) is 11.7. The maximum Gasteiger partial charge on any atom is 0.333 e. The van der Waals surface area contributed by atoms with Crippen molar-refractivity contribution in [2.75, 3.05) is 0 Å². The minimum Gasteiger partial charge on any atom is -0.430 e. The third-order valence-corrected chi connectivity index (χ3v) is 3.55. The molecule has 0 aliphatic rings. The van der Waals surface area contributed by atoms with Gasteiger partial charge in [0.15, 0.2) is 0 Å². The second kappa shape index (κ2) is 4.42. The number of aryl methyl sites for hydroxylation is 1. The van der Waals surface area contributed by atoms with Crippen molar-refractivity contribution in [2.45, 2.75) is 6.92 Å². The second-order valence-corrected chi connectivity index (χ2v) is 5.07. The number of H-pyrrole nitrogens is 1. The molecule has 0 radical (unpaired) electrons. The van der Waals surface area contributed by atoms with Gasteiger partial charge in [-0.15, -0.1) is 0 Å². The van der Waals surface area contributed by atoms with Crippen molar-refractivity contribution < 1.29 is 4.42 Å². The summed E-state index contributed by atoms with van der Waals surface area (Å²) in [6.07, 6.45) is 1.58. The molecule has 0 bridgehead atoms. The zero-order chi connectivity index (χ0) is 15.3. The van der Waals surface area contributed by atoms with Crippen LogP contribution in [0.2, 0.25) is 0 Å². The number of aromatic nitrogens is 3. The molecular formula is C16H11N3O3. The minimum atomic E-state index is -0.554. The number of aromatic amines is 1. The molecule has 22 heavy (non-hydrogen) atoms. The lowest BCUT2D eigenvalue weighted by atomic mass is 10.2. The first kappa shape index (κ1) is 12.6. The Bertz CT molecular complexity index is 1130. The topological polar surface area (TPSA) is 80.9 Å². The maximum absolute atomic E-state index is 12.4. The van der Waals surface area contributed by atoms with Crippen molar-refractivity contribution in [1.29, 1.82) is 0 Å². The van der Waals surface area contributed by atoms with Gasteiger partial charge in [-0.3, -0.25) is 14.3 Å². The van der Waals surface area contributed by atoms with Crippen LogP contribution in [0.4, 0.5) is 0 Å². The van der Waals surface area contributed by atoms with Crippen LogP contribution in [0.5, 0.6) is 0 Å². The summed E-state index contributed by atoms with van der Waals surface area (Å²) in [5, 5.41) is 0.627. The first-order chi connectivity index (χ1) is 10.6. The van der Waals surface area contributed by atoms with Gasteiger partial charge in [0, 0.05) is 6.20 Å². The lowest BCUT2D eigenvalue weighted by Gasteiger charge is -2.07. The molecule has 0 aliphatic carbocycles. The van der Waals surface area contributed by atoms with Crippen LogP contribution < -0.4 is 11.2 Å². The van der Waals surface area contributed by atoms with Crippen LogP contribution >= 0.6 is 0 Å². The van der Waals surface area contributed by atoms with Crippen molar-refractivity contribution in [3.05, 3.63) is 69.0 Å². The van der Waals surface area contributed by atoms with Crippen LogP contribution in [-0.4, -0.2) is 14.5 Å². The molecule has 0 amide bonds. The highest BCUT2D eigenvalue weighted by Crippen LogP contribution is 2.25. The van der Waals surface area contributed by atoms with E-state index in [1.54, 1.807) is 24.4 Å². The largest absolute Gasteiger partial charge is 0.430 e. The number of furan rings is 1.